The van der Waals surface area contributed by atoms with Gasteiger partial charge in [-0.05, 0) is 28.1 Å². The van der Waals surface area contributed by atoms with Gasteiger partial charge in [-0.1, -0.05) is 46.4 Å². The van der Waals surface area contributed by atoms with Gasteiger partial charge >= 0.3 is 0 Å². The summed E-state index contributed by atoms with van der Waals surface area (Å²) in [6, 6.07) is 4.73. The molecule has 0 fully saturated rings. The van der Waals surface area contributed by atoms with Crippen molar-refractivity contribution < 1.29 is 9.47 Å². The van der Waals surface area contributed by atoms with Crippen LogP contribution in [0, 0.1) is 0 Å². The number of ether oxygens (including phenoxy) is 2. The first kappa shape index (κ1) is 13.7. The SMILES string of the molecule is Clc1cc(Cl)c2c(c1)Oc1c(Cl)cc(Cl)c(Br)c1O2. The molecule has 7 heteroatoms. The van der Waals surface area contributed by atoms with Gasteiger partial charge in [-0.2, -0.15) is 0 Å². The lowest BCUT2D eigenvalue weighted by molar-refractivity contribution is 0.358. The Morgan fingerprint density at radius 3 is 2.16 bits per heavy atom. The van der Waals surface area contributed by atoms with Gasteiger partial charge in [-0.15, -0.1) is 0 Å². The maximum Gasteiger partial charge on any atom is 0.189 e. The standard InChI is InChI=1S/C12H3BrCl4O2/c13-9-5(15)3-7(17)11-12(9)19-10-6(16)1-4(14)2-8(10)18-11/h1-3H. The third-order valence-electron chi connectivity index (χ3n) is 2.48. The fourth-order valence-corrected chi connectivity index (χ4v) is 3.04. The Balaban J connectivity index is 2.22. The van der Waals surface area contributed by atoms with Gasteiger partial charge < -0.3 is 9.47 Å². The van der Waals surface area contributed by atoms with E-state index < -0.39 is 0 Å². The van der Waals surface area contributed by atoms with E-state index in [1.807, 2.05) is 0 Å². The summed E-state index contributed by atoms with van der Waals surface area (Å²) in [7, 11) is 0. The summed E-state index contributed by atoms with van der Waals surface area (Å²) >= 11 is 27.4. The minimum absolute atomic E-state index is 0.338. The number of hydrogen-bond donors (Lipinski definition) is 0. The molecule has 0 aromatic heterocycles. The molecule has 0 spiro atoms. The predicted molar refractivity (Wildman–Crippen MR) is 80.8 cm³/mol. The summed E-state index contributed by atoms with van der Waals surface area (Å²) in [4.78, 5) is 0. The van der Waals surface area contributed by atoms with Gasteiger partial charge in [0.1, 0.15) is 0 Å². The van der Waals surface area contributed by atoms with Crippen molar-refractivity contribution in [3.8, 4) is 23.0 Å². The lowest BCUT2D eigenvalue weighted by Crippen LogP contribution is -2.01. The first-order valence-corrected chi connectivity index (χ1v) is 7.30. The summed E-state index contributed by atoms with van der Waals surface area (Å²) in [5, 5.41) is 1.54. The molecule has 0 amide bonds. The normalized spacial score (nSPS) is 12.3. The average molecular weight is 401 g/mol. The van der Waals surface area contributed by atoms with Gasteiger partial charge in [0.25, 0.3) is 0 Å². The first-order valence-electron chi connectivity index (χ1n) is 4.99. The van der Waals surface area contributed by atoms with Crippen molar-refractivity contribution in [2.75, 3.05) is 0 Å². The van der Waals surface area contributed by atoms with Crippen LogP contribution in [0.4, 0.5) is 0 Å². The van der Waals surface area contributed by atoms with Crippen LogP contribution in [0.15, 0.2) is 22.7 Å². The second-order valence-electron chi connectivity index (χ2n) is 3.73. The maximum atomic E-state index is 6.09. The van der Waals surface area contributed by atoms with Crippen LogP contribution in [-0.2, 0) is 0 Å². The second-order valence-corrected chi connectivity index (χ2v) is 6.18. The molecular weight excluding hydrogens is 398 g/mol. The van der Waals surface area contributed by atoms with E-state index in [-0.39, 0.29) is 0 Å². The number of rotatable bonds is 0. The quantitative estimate of drug-likeness (QED) is 0.380. The van der Waals surface area contributed by atoms with Gasteiger partial charge in [-0.25, -0.2) is 0 Å². The molecule has 0 bridgehead atoms. The van der Waals surface area contributed by atoms with Crippen LogP contribution in [0.25, 0.3) is 0 Å². The molecule has 0 atom stereocenters. The Bertz CT molecular complexity index is 703. The molecule has 0 unspecified atom stereocenters. The monoisotopic (exact) mass is 398 g/mol. The zero-order valence-corrected chi connectivity index (χ0v) is 13.5. The molecule has 2 aromatic rings. The number of fused-ring (bicyclic) bond motifs is 2. The number of hydrogen-bond acceptors (Lipinski definition) is 2. The summed E-state index contributed by atoms with van der Waals surface area (Å²) in [6.07, 6.45) is 0. The molecule has 3 rings (SSSR count). The molecule has 0 aliphatic carbocycles. The van der Waals surface area contributed by atoms with Crippen molar-refractivity contribution in [2.24, 2.45) is 0 Å². The van der Waals surface area contributed by atoms with Gasteiger partial charge in [0.2, 0.25) is 0 Å². The zero-order valence-electron chi connectivity index (χ0n) is 8.94. The summed E-state index contributed by atoms with van der Waals surface area (Å²) in [6.45, 7) is 0. The molecule has 2 aromatic carbocycles. The van der Waals surface area contributed by atoms with Crippen molar-refractivity contribution in [2.45, 2.75) is 0 Å². The molecule has 0 N–H and O–H groups in total. The summed E-state index contributed by atoms with van der Waals surface area (Å²) in [5.41, 5.74) is 0. The molecule has 1 aliphatic rings. The van der Waals surface area contributed by atoms with Crippen molar-refractivity contribution in [1.82, 2.24) is 0 Å². The lowest BCUT2D eigenvalue weighted by atomic mass is 10.2. The van der Waals surface area contributed by atoms with E-state index in [0.717, 1.165) is 0 Å². The molecule has 19 heavy (non-hydrogen) atoms. The largest absolute Gasteiger partial charge is 0.448 e. The maximum absolute atomic E-state index is 6.09. The van der Waals surface area contributed by atoms with E-state index in [1.165, 1.54) is 0 Å². The summed E-state index contributed by atoms with van der Waals surface area (Å²) < 4.78 is 12.0. The van der Waals surface area contributed by atoms with E-state index in [4.69, 9.17) is 55.9 Å². The second kappa shape index (κ2) is 4.90. The van der Waals surface area contributed by atoms with Crippen molar-refractivity contribution in [1.29, 1.82) is 0 Å². The Labute approximate surface area is 137 Å². The van der Waals surface area contributed by atoms with Crippen LogP contribution in [0.2, 0.25) is 20.1 Å². The van der Waals surface area contributed by atoms with Gasteiger partial charge in [0.15, 0.2) is 23.0 Å². The fourth-order valence-electron chi connectivity index (χ4n) is 1.67. The molecular formula is C12H3BrCl4O2. The van der Waals surface area contributed by atoms with Crippen molar-refractivity contribution in [3.63, 3.8) is 0 Å². The van der Waals surface area contributed by atoms with E-state index in [2.05, 4.69) is 15.9 Å². The molecule has 1 heterocycles. The highest BCUT2D eigenvalue weighted by Gasteiger charge is 2.27. The highest BCUT2D eigenvalue weighted by Crippen LogP contribution is 2.55. The number of halogens is 5. The third-order valence-corrected chi connectivity index (χ3v) is 4.57. The van der Waals surface area contributed by atoms with Crippen molar-refractivity contribution in [3.05, 3.63) is 42.8 Å². The first-order chi connectivity index (χ1) is 8.97. The predicted octanol–water partition coefficient (Wildman–Crippen LogP) is 6.96. The third kappa shape index (κ3) is 2.28. The lowest BCUT2D eigenvalue weighted by Gasteiger charge is -2.23. The van der Waals surface area contributed by atoms with E-state index >= 15 is 0 Å². The molecule has 0 saturated carbocycles. The van der Waals surface area contributed by atoms with Gasteiger partial charge in [0.05, 0.1) is 19.5 Å². The Hall–Kier alpha value is -0.320. The Kier molecular flexibility index (Phi) is 3.52. The van der Waals surface area contributed by atoms with Crippen LogP contribution < -0.4 is 9.47 Å². The van der Waals surface area contributed by atoms with Crippen LogP contribution in [0.5, 0.6) is 23.0 Å². The van der Waals surface area contributed by atoms with E-state index in [0.29, 0.717) is 47.6 Å². The van der Waals surface area contributed by atoms with Crippen LogP contribution in [0.1, 0.15) is 0 Å². The minimum Gasteiger partial charge on any atom is -0.448 e. The average Bonchev–Trinajstić information content (AvgIpc) is 2.34. The minimum atomic E-state index is 0.338. The Morgan fingerprint density at radius 1 is 0.737 bits per heavy atom. The van der Waals surface area contributed by atoms with Gasteiger partial charge in [0, 0.05) is 11.1 Å². The van der Waals surface area contributed by atoms with Crippen LogP contribution >= 0.6 is 62.3 Å². The van der Waals surface area contributed by atoms with Crippen LogP contribution in [-0.4, -0.2) is 0 Å². The fraction of sp³-hybridized carbons (Fsp3) is 0. The van der Waals surface area contributed by atoms with E-state index in [1.54, 1.807) is 18.2 Å². The molecule has 1 aliphatic heterocycles. The van der Waals surface area contributed by atoms with Crippen molar-refractivity contribution >= 4 is 62.3 Å². The van der Waals surface area contributed by atoms with Gasteiger partial charge in [-0.3, -0.25) is 0 Å². The summed E-state index contributed by atoms with van der Waals surface area (Å²) in [5.74, 6) is 1.52. The van der Waals surface area contributed by atoms with E-state index in [9.17, 15) is 0 Å². The molecule has 0 saturated heterocycles. The topological polar surface area (TPSA) is 18.5 Å². The van der Waals surface area contributed by atoms with Crippen LogP contribution in [0.3, 0.4) is 0 Å². The zero-order chi connectivity index (χ0) is 13.7. The molecule has 0 radical (unpaired) electrons. The Morgan fingerprint density at radius 2 is 1.42 bits per heavy atom. The smallest absolute Gasteiger partial charge is 0.189 e. The highest BCUT2D eigenvalue weighted by molar-refractivity contribution is 9.10. The molecule has 2 nitrogen and oxygen atoms in total. The molecule has 98 valence electrons. The highest BCUT2D eigenvalue weighted by atomic mass is 79.9. The number of benzene rings is 2.